The highest BCUT2D eigenvalue weighted by Gasteiger charge is 2.08. The molecule has 0 fully saturated rings. The average Bonchev–Trinajstić information content (AvgIpc) is 2.64. The standard InChI is InChI=1S/C22H22N2O2/c1-17-8-7-9-18(14-17)15-23-16-22(25)24-20-12-5-6-13-21(20)26-19-10-3-2-4-11-19/h2-14,23H,15-16H2,1H3,(H,24,25). The fourth-order valence-corrected chi connectivity index (χ4v) is 2.61. The maximum atomic E-state index is 12.2. The van der Waals surface area contributed by atoms with Crippen molar-refractivity contribution in [1.29, 1.82) is 0 Å². The number of hydrogen-bond donors (Lipinski definition) is 2. The topological polar surface area (TPSA) is 50.4 Å². The molecular formula is C22H22N2O2. The molecule has 3 aromatic carbocycles. The maximum Gasteiger partial charge on any atom is 0.238 e. The summed E-state index contributed by atoms with van der Waals surface area (Å²) in [6.45, 7) is 2.94. The Morgan fingerprint density at radius 2 is 1.69 bits per heavy atom. The van der Waals surface area contributed by atoms with Crippen molar-refractivity contribution in [3.8, 4) is 11.5 Å². The minimum absolute atomic E-state index is 0.109. The van der Waals surface area contributed by atoms with E-state index in [0.717, 1.165) is 11.3 Å². The first-order chi connectivity index (χ1) is 12.7. The molecule has 26 heavy (non-hydrogen) atoms. The number of anilines is 1. The summed E-state index contributed by atoms with van der Waals surface area (Å²) in [5.41, 5.74) is 3.02. The zero-order valence-corrected chi connectivity index (χ0v) is 14.7. The molecule has 3 aromatic rings. The van der Waals surface area contributed by atoms with Crippen LogP contribution in [-0.4, -0.2) is 12.5 Å². The molecule has 4 nitrogen and oxygen atoms in total. The Morgan fingerprint density at radius 3 is 2.50 bits per heavy atom. The molecule has 0 atom stereocenters. The number of benzene rings is 3. The van der Waals surface area contributed by atoms with Crippen LogP contribution in [0.25, 0.3) is 0 Å². The first-order valence-corrected chi connectivity index (χ1v) is 8.59. The molecule has 0 aromatic heterocycles. The molecule has 0 aliphatic heterocycles. The lowest BCUT2D eigenvalue weighted by Crippen LogP contribution is -2.27. The third kappa shape index (κ3) is 5.19. The van der Waals surface area contributed by atoms with E-state index < -0.39 is 0 Å². The van der Waals surface area contributed by atoms with Crippen LogP contribution in [-0.2, 0) is 11.3 Å². The summed E-state index contributed by atoms with van der Waals surface area (Å²) in [6.07, 6.45) is 0. The lowest BCUT2D eigenvalue weighted by Gasteiger charge is -2.12. The molecule has 0 bridgehead atoms. The molecule has 0 heterocycles. The van der Waals surface area contributed by atoms with Crippen LogP contribution in [0.5, 0.6) is 11.5 Å². The minimum atomic E-state index is -0.109. The molecule has 0 aliphatic rings. The second kappa shape index (κ2) is 8.83. The van der Waals surface area contributed by atoms with Gasteiger partial charge >= 0.3 is 0 Å². The third-order valence-corrected chi connectivity index (χ3v) is 3.83. The van der Waals surface area contributed by atoms with Gasteiger partial charge in [0.1, 0.15) is 5.75 Å². The summed E-state index contributed by atoms with van der Waals surface area (Å²) >= 11 is 0. The summed E-state index contributed by atoms with van der Waals surface area (Å²) in [6, 6.07) is 25.1. The minimum Gasteiger partial charge on any atom is -0.455 e. The highest BCUT2D eigenvalue weighted by molar-refractivity contribution is 5.93. The van der Waals surface area contributed by atoms with E-state index in [1.165, 1.54) is 5.56 Å². The molecule has 4 heteroatoms. The Hall–Kier alpha value is -3.11. The van der Waals surface area contributed by atoms with Crippen molar-refractivity contribution in [2.75, 3.05) is 11.9 Å². The van der Waals surface area contributed by atoms with Crippen LogP contribution in [0, 0.1) is 6.92 Å². The molecule has 0 saturated heterocycles. The van der Waals surface area contributed by atoms with E-state index in [1.54, 1.807) is 0 Å². The summed E-state index contributed by atoms with van der Waals surface area (Å²) in [5, 5.41) is 6.07. The van der Waals surface area contributed by atoms with Gasteiger partial charge in [-0.2, -0.15) is 0 Å². The van der Waals surface area contributed by atoms with Gasteiger partial charge in [-0.3, -0.25) is 4.79 Å². The van der Waals surface area contributed by atoms with Crippen molar-refractivity contribution in [2.45, 2.75) is 13.5 Å². The molecule has 0 radical (unpaired) electrons. The van der Waals surface area contributed by atoms with Gasteiger partial charge in [-0.15, -0.1) is 0 Å². The van der Waals surface area contributed by atoms with Crippen LogP contribution >= 0.6 is 0 Å². The second-order valence-corrected chi connectivity index (χ2v) is 6.05. The zero-order chi connectivity index (χ0) is 18.2. The molecule has 0 saturated carbocycles. The fourth-order valence-electron chi connectivity index (χ4n) is 2.61. The van der Waals surface area contributed by atoms with E-state index in [1.807, 2.05) is 66.7 Å². The van der Waals surface area contributed by atoms with Gasteiger partial charge in [0.15, 0.2) is 5.75 Å². The largest absolute Gasteiger partial charge is 0.455 e. The summed E-state index contributed by atoms with van der Waals surface area (Å²) in [5.74, 6) is 1.24. The average molecular weight is 346 g/mol. The van der Waals surface area contributed by atoms with Gasteiger partial charge in [0.25, 0.3) is 0 Å². The smallest absolute Gasteiger partial charge is 0.238 e. The predicted molar refractivity (Wildman–Crippen MR) is 104 cm³/mol. The van der Waals surface area contributed by atoms with E-state index in [2.05, 4.69) is 29.7 Å². The monoisotopic (exact) mass is 346 g/mol. The van der Waals surface area contributed by atoms with Crippen LogP contribution in [0.4, 0.5) is 5.69 Å². The van der Waals surface area contributed by atoms with E-state index in [9.17, 15) is 4.79 Å². The number of nitrogens with one attached hydrogen (secondary N) is 2. The van der Waals surface area contributed by atoms with Crippen LogP contribution in [0.15, 0.2) is 78.9 Å². The van der Waals surface area contributed by atoms with Gasteiger partial charge in [-0.1, -0.05) is 60.2 Å². The van der Waals surface area contributed by atoms with E-state index >= 15 is 0 Å². The first-order valence-electron chi connectivity index (χ1n) is 8.59. The maximum absolute atomic E-state index is 12.2. The van der Waals surface area contributed by atoms with Crippen molar-refractivity contribution in [2.24, 2.45) is 0 Å². The lowest BCUT2D eigenvalue weighted by atomic mass is 10.1. The highest BCUT2D eigenvalue weighted by atomic mass is 16.5. The second-order valence-electron chi connectivity index (χ2n) is 6.05. The SMILES string of the molecule is Cc1cccc(CNCC(=O)Nc2ccccc2Oc2ccccc2)c1. The Balaban J connectivity index is 1.56. The van der Waals surface area contributed by atoms with Gasteiger partial charge in [-0.05, 0) is 36.8 Å². The molecular weight excluding hydrogens is 324 g/mol. The van der Waals surface area contributed by atoms with Crippen molar-refractivity contribution in [1.82, 2.24) is 5.32 Å². The quantitative estimate of drug-likeness (QED) is 0.661. The van der Waals surface area contributed by atoms with Crippen molar-refractivity contribution in [3.05, 3.63) is 90.0 Å². The first kappa shape index (κ1) is 17.7. The molecule has 1 amide bonds. The van der Waals surface area contributed by atoms with E-state index in [4.69, 9.17) is 4.74 Å². The number of para-hydroxylation sites is 3. The number of rotatable bonds is 7. The number of hydrogen-bond acceptors (Lipinski definition) is 3. The fraction of sp³-hybridized carbons (Fsp3) is 0.136. The Morgan fingerprint density at radius 1 is 0.923 bits per heavy atom. The van der Waals surface area contributed by atoms with Crippen molar-refractivity contribution < 1.29 is 9.53 Å². The lowest BCUT2D eigenvalue weighted by molar-refractivity contribution is -0.115. The van der Waals surface area contributed by atoms with Crippen LogP contribution in [0.3, 0.4) is 0 Å². The number of amides is 1. The molecule has 0 unspecified atom stereocenters. The summed E-state index contributed by atoms with van der Waals surface area (Å²) < 4.78 is 5.86. The van der Waals surface area contributed by atoms with Crippen molar-refractivity contribution in [3.63, 3.8) is 0 Å². The predicted octanol–water partition coefficient (Wildman–Crippen LogP) is 4.52. The van der Waals surface area contributed by atoms with Gasteiger partial charge in [0.05, 0.1) is 12.2 Å². The van der Waals surface area contributed by atoms with Crippen LogP contribution < -0.4 is 15.4 Å². The molecule has 132 valence electrons. The normalized spacial score (nSPS) is 10.3. The molecule has 2 N–H and O–H groups in total. The van der Waals surface area contributed by atoms with Gasteiger partial charge in [-0.25, -0.2) is 0 Å². The summed E-state index contributed by atoms with van der Waals surface area (Å²) in [4.78, 5) is 12.2. The zero-order valence-electron chi connectivity index (χ0n) is 14.7. The number of ether oxygens (including phenoxy) is 1. The number of aryl methyl sites for hydroxylation is 1. The van der Waals surface area contributed by atoms with Gasteiger partial charge in [0.2, 0.25) is 5.91 Å². The number of carbonyl (C=O) groups is 1. The molecule has 0 spiro atoms. The van der Waals surface area contributed by atoms with Crippen LogP contribution in [0.2, 0.25) is 0 Å². The van der Waals surface area contributed by atoms with Gasteiger partial charge < -0.3 is 15.4 Å². The third-order valence-electron chi connectivity index (χ3n) is 3.83. The summed E-state index contributed by atoms with van der Waals surface area (Å²) in [7, 11) is 0. The highest BCUT2D eigenvalue weighted by Crippen LogP contribution is 2.28. The Kier molecular flexibility index (Phi) is 6.01. The van der Waals surface area contributed by atoms with E-state index in [-0.39, 0.29) is 12.5 Å². The Bertz CT molecular complexity index is 863. The van der Waals surface area contributed by atoms with Crippen molar-refractivity contribution >= 4 is 11.6 Å². The van der Waals surface area contributed by atoms with Crippen LogP contribution in [0.1, 0.15) is 11.1 Å². The van der Waals surface area contributed by atoms with Gasteiger partial charge in [0, 0.05) is 6.54 Å². The number of carbonyl (C=O) groups excluding carboxylic acids is 1. The molecule has 3 rings (SSSR count). The van der Waals surface area contributed by atoms with E-state index in [0.29, 0.717) is 18.0 Å². The Labute approximate surface area is 153 Å². The molecule has 0 aliphatic carbocycles.